The zero-order chi connectivity index (χ0) is 12.0. The molecule has 0 radical (unpaired) electrons. The lowest BCUT2D eigenvalue weighted by Crippen LogP contribution is -2.16. The molecule has 0 aliphatic heterocycles. The van der Waals surface area contributed by atoms with Gasteiger partial charge < -0.3 is 9.88 Å². The highest BCUT2D eigenvalue weighted by Gasteiger charge is 2.04. The summed E-state index contributed by atoms with van der Waals surface area (Å²) in [6.07, 6.45) is 7.08. The number of nitrogens with zero attached hydrogens (tertiary/aromatic N) is 2. The van der Waals surface area contributed by atoms with Crippen molar-refractivity contribution in [3.05, 3.63) is 12.4 Å². The van der Waals surface area contributed by atoms with Crippen LogP contribution in [0.1, 0.15) is 19.8 Å². The fraction of sp³-hybridized carbons (Fsp3) is 0.700. The normalized spacial score (nSPS) is 11.6. The monoisotopic (exact) mass is 245 g/mol. The molecular weight excluding hydrogens is 226 g/mol. The fourth-order valence-corrected chi connectivity index (χ4v) is 1.81. The molecule has 1 aromatic heterocycles. The van der Waals surface area contributed by atoms with Crippen molar-refractivity contribution < 1.29 is 8.42 Å². The van der Waals surface area contributed by atoms with Gasteiger partial charge >= 0.3 is 0 Å². The largest absolute Gasteiger partial charge is 0.355 e. The second-order valence-corrected chi connectivity index (χ2v) is 6.11. The van der Waals surface area contributed by atoms with Crippen LogP contribution in [0.2, 0.25) is 0 Å². The second kappa shape index (κ2) is 5.89. The van der Waals surface area contributed by atoms with Crippen molar-refractivity contribution in [2.75, 3.05) is 23.9 Å². The van der Waals surface area contributed by atoms with Crippen LogP contribution in [0, 0.1) is 0 Å². The molecule has 0 unspecified atom stereocenters. The van der Waals surface area contributed by atoms with Crippen LogP contribution < -0.4 is 5.32 Å². The molecule has 0 atom stereocenters. The number of rotatable bonds is 7. The van der Waals surface area contributed by atoms with Crippen molar-refractivity contribution in [3.8, 4) is 0 Å². The van der Waals surface area contributed by atoms with Gasteiger partial charge in [0.1, 0.15) is 9.84 Å². The molecule has 0 spiro atoms. The molecule has 1 heterocycles. The van der Waals surface area contributed by atoms with E-state index in [0.29, 0.717) is 6.54 Å². The molecule has 0 saturated heterocycles. The van der Waals surface area contributed by atoms with Gasteiger partial charge in [-0.25, -0.2) is 13.4 Å². The topological polar surface area (TPSA) is 64.0 Å². The van der Waals surface area contributed by atoms with E-state index in [0.717, 1.165) is 25.3 Å². The molecule has 6 heteroatoms. The van der Waals surface area contributed by atoms with Gasteiger partial charge in [-0.15, -0.1) is 0 Å². The predicted octanol–water partition coefficient (Wildman–Crippen LogP) is 1.14. The lowest BCUT2D eigenvalue weighted by molar-refractivity contribution is 0.601. The fourth-order valence-electron chi connectivity index (χ4n) is 1.33. The van der Waals surface area contributed by atoms with E-state index >= 15 is 0 Å². The average molecular weight is 245 g/mol. The smallest absolute Gasteiger partial charge is 0.202 e. The highest BCUT2D eigenvalue weighted by Crippen LogP contribution is 2.05. The summed E-state index contributed by atoms with van der Waals surface area (Å²) in [7, 11) is -2.91. The van der Waals surface area contributed by atoms with Gasteiger partial charge in [-0.2, -0.15) is 0 Å². The highest BCUT2D eigenvalue weighted by molar-refractivity contribution is 7.90. The van der Waals surface area contributed by atoms with E-state index in [1.165, 1.54) is 6.26 Å². The average Bonchev–Trinajstić information content (AvgIpc) is 2.60. The molecule has 0 aromatic carbocycles. The lowest BCUT2D eigenvalue weighted by Gasteiger charge is -2.08. The molecular formula is C10H19N3O2S. The van der Waals surface area contributed by atoms with Gasteiger partial charge in [-0.05, 0) is 6.42 Å². The molecule has 5 nitrogen and oxygen atoms in total. The lowest BCUT2D eigenvalue weighted by atomic mass is 10.3. The minimum Gasteiger partial charge on any atom is -0.355 e. The van der Waals surface area contributed by atoms with Crippen LogP contribution in [0.15, 0.2) is 12.4 Å². The Morgan fingerprint density at radius 1 is 1.50 bits per heavy atom. The van der Waals surface area contributed by atoms with Crippen LogP contribution in [0.4, 0.5) is 5.95 Å². The van der Waals surface area contributed by atoms with E-state index in [9.17, 15) is 8.42 Å². The van der Waals surface area contributed by atoms with E-state index in [1.54, 1.807) is 6.20 Å². The third-order valence-electron chi connectivity index (χ3n) is 2.22. The maximum Gasteiger partial charge on any atom is 0.202 e. The standard InChI is InChI=1S/C10H19N3O2S/c1-3-4-7-13-8-5-11-10(13)12-6-9-16(2,14)15/h5,8H,3-4,6-7,9H2,1-2H3,(H,11,12). The molecule has 1 N–H and O–H groups in total. The van der Waals surface area contributed by atoms with Crippen LogP contribution in [-0.4, -0.2) is 36.5 Å². The third kappa shape index (κ3) is 4.65. The minimum atomic E-state index is -2.91. The summed E-state index contributed by atoms with van der Waals surface area (Å²) in [5.74, 6) is 0.880. The van der Waals surface area contributed by atoms with Crippen LogP contribution in [0.3, 0.4) is 0 Å². The zero-order valence-corrected chi connectivity index (χ0v) is 10.6. The summed E-state index contributed by atoms with van der Waals surface area (Å²) in [6, 6.07) is 0. The van der Waals surface area contributed by atoms with Gasteiger partial charge in [0.05, 0.1) is 5.75 Å². The van der Waals surface area contributed by atoms with E-state index in [4.69, 9.17) is 0 Å². The highest BCUT2D eigenvalue weighted by atomic mass is 32.2. The Hall–Kier alpha value is -1.04. The number of imidazole rings is 1. The zero-order valence-electron chi connectivity index (χ0n) is 9.81. The number of nitrogens with one attached hydrogen (secondary N) is 1. The Morgan fingerprint density at radius 3 is 2.88 bits per heavy atom. The summed E-state index contributed by atoms with van der Waals surface area (Å²) >= 11 is 0. The molecule has 0 saturated carbocycles. The molecule has 0 aliphatic rings. The molecule has 0 amide bonds. The van der Waals surface area contributed by atoms with Gasteiger partial charge in [0.15, 0.2) is 0 Å². The van der Waals surface area contributed by atoms with Gasteiger partial charge in [0.25, 0.3) is 0 Å². The summed E-state index contributed by atoms with van der Waals surface area (Å²) in [5, 5.41) is 3.03. The number of hydrogen-bond donors (Lipinski definition) is 1. The van der Waals surface area contributed by atoms with Crippen molar-refractivity contribution in [2.45, 2.75) is 26.3 Å². The molecule has 16 heavy (non-hydrogen) atoms. The van der Waals surface area contributed by atoms with Gasteiger partial charge in [0, 0.05) is 31.7 Å². The van der Waals surface area contributed by atoms with Crippen LogP contribution in [-0.2, 0) is 16.4 Å². The Bertz CT molecular complexity index is 411. The Balaban J connectivity index is 2.44. The van der Waals surface area contributed by atoms with Crippen LogP contribution in [0.25, 0.3) is 0 Å². The second-order valence-electron chi connectivity index (χ2n) is 3.85. The maximum atomic E-state index is 10.9. The van der Waals surface area contributed by atoms with E-state index in [1.807, 2.05) is 10.8 Å². The summed E-state index contributed by atoms with van der Waals surface area (Å²) in [4.78, 5) is 4.15. The number of aromatic nitrogens is 2. The molecule has 1 aromatic rings. The maximum absolute atomic E-state index is 10.9. The van der Waals surface area contributed by atoms with Crippen molar-refractivity contribution in [3.63, 3.8) is 0 Å². The first-order valence-electron chi connectivity index (χ1n) is 5.45. The summed E-state index contributed by atoms with van der Waals surface area (Å²) in [6.45, 7) is 3.45. The first-order valence-corrected chi connectivity index (χ1v) is 7.51. The summed E-state index contributed by atoms with van der Waals surface area (Å²) in [5.41, 5.74) is 0. The Morgan fingerprint density at radius 2 is 2.25 bits per heavy atom. The molecule has 92 valence electrons. The number of unbranched alkanes of at least 4 members (excludes halogenated alkanes) is 1. The van der Waals surface area contributed by atoms with Crippen molar-refractivity contribution in [2.24, 2.45) is 0 Å². The van der Waals surface area contributed by atoms with Gasteiger partial charge in [-0.3, -0.25) is 0 Å². The van der Waals surface area contributed by atoms with Crippen molar-refractivity contribution in [1.29, 1.82) is 0 Å². The number of hydrogen-bond acceptors (Lipinski definition) is 4. The number of sulfone groups is 1. The Kier molecular flexibility index (Phi) is 4.79. The third-order valence-corrected chi connectivity index (χ3v) is 3.17. The van der Waals surface area contributed by atoms with Crippen molar-refractivity contribution in [1.82, 2.24) is 9.55 Å². The molecule has 0 fully saturated rings. The molecule has 0 aliphatic carbocycles. The molecule has 1 rings (SSSR count). The first kappa shape index (κ1) is 13.0. The predicted molar refractivity (Wildman–Crippen MR) is 65.3 cm³/mol. The number of aryl methyl sites for hydroxylation is 1. The SMILES string of the molecule is CCCCn1ccnc1NCCS(C)(=O)=O. The molecule has 0 bridgehead atoms. The van der Waals surface area contributed by atoms with Gasteiger partial charge in [0.2, 0.25) is 5.95 Å². The number of anilines is 1. The van der Waals surface area contributed by atoms with Crippen LogP contribution in [0.5, 0.6) is 0 Å². The van der Waals surface area contributed by atoms with Gasteiger partial charge in [-0.1, -0.05) is 13.3 Å². The Labute approximate surface area is 96.8 Å². The van der Waals surface area contributed by atoms with Crippen LogP contribution >= 0.6 is 0 Å². The summed E-state index contributed by atoms with van der Waals surface area (Å²) < 4.78 is 23.9. The van der Waals surface area contributed by atoms with E-state index < -0.39 is 9.84 Å². The quantitative estimate of drug-likeness (QED) is 0.782. The minimum absolute atomic E-state index is 0.133. The van der Waals surface area contributed by atoms with Crippen molar-refractivity contribution >= 4 is 15.8 Å². The van der Waals surface area contributed by atoms with E-state index in [2.05, 4.69) is 17.2 Å². The first-order chi connectivity index (χ1) is 7.53. The van der Waals surface area contributed by atoms with E-state index in [-0.39, 0.29) is 5.75 Å².